The quantitative estimate of drug-likeness (QED) is 0.315. The van der Waals surface area contributed by atoms with E-state index in [4.69, 9.17) is 10.5 Å². The van der Waals surface area contributed by atoms with E-state index in [0.29, 0.717) is 11.2 Å². The van der Waals surface area contributed by atoms with Crippen LogP contribution in [-0.4, -0.2) is 76.5 Å². The Bertz CT molecular complexity index is 1000. The Labute approximate surface area is 163 Å². The highest BCUT2D eigenvalue weighted by Crippen LogP contribution is 2.37. The van der Waals surface area contributed by atoms with Crippen molar-refractivity contribution in [1.82, 2.24) is 19.3 Å². The number of carbonyl (C=O) groups excluding carboxylic acids is 2. The number of nitrogens with zero attached hydrogens (tertiary/aromatic N) is 5. The number of imidazole rings is 1. The molecule has 2 aromatic rings. The molecule has 13 heteroatoms. The smallest absolute Gasteiger partial charge is 0.274 e. The molecule has 13 nitrogen and oxygen atoms in total. The summed E-state index contributed by atoms with van der Waals surface area (Å²) in [5, 5.41) is 40.2. The molecule has 158 valence electrons. The van der Waals surface area contributed by atoms with Crippen LogP contribution in [-0.2, 0) is 20.1 Å². The first-order valence-electron chi connectivity index (χ1n) is 8.94. The minimum Gasteiger partial charge on any atom is -0.425 e. The fourth-order valence-electron chi connectivity index (χ4n) is 3.24. The average molecular weight is 410 g/mol. The highest BCUT2D eigenvalue weighted by atomic mass is 16.6. The van der Waals surface area contributed by atoms with Crippen LogP contribution in [0.3, 0.4) is 0 Å². The third-order valence-electron chi connectivity index (χ3n) is 4.76. The number of hydrogen-bond donors (Lipinski definition) is 5. The predicted molar refractivity (Wildman–Crippen MR) is 93.9 cm³/mol. The van der Waals surface area contributed by atoms with E-state index in [1.54, 1.807) is 0 Å². The van der Waals surface area contributed by atoms with Crippen molar-refractivity contribution < 1.29 is 34.9 Å². The molecule has 3 heterocycles. The van der Waals surface area contributed by atoms with E-state index in [2.05, 4.69) is 15.0 Å². The first-order chi connectivity index (χ1) is 13.8. The summed E-state index contributed by atoms with van der Waals surface area (Å²) in [6.45, 7) is 1.22. The minimum atomic E-state index is -2.38. The predicted octanol–water partition coefficient (Wildman–Crippen LogP) is -2.66. The van der Waals surface area contributed by atoms with Gasteiger partial charge in [-0.25, -0.2) is 9.97 Å². The number of hydrogen-bond acceptors (Lipinski definition) is 9. The second-order valence-corrected chi connectivity index (χ2v) is 6.64. The largest absolute Gasteiger partial charge is 0.425 e. The second kappa shape index (κ2) is 7.87. The van der Waals surface area contributed by atoms with Gasteiger partial charge in [0.15, 0.2) is 16.7 Å². The van der Waals surface area contributed by atoms with Gasteiger partial charge in [0.2, 0.25) is 5.91 Å². The van der Waals surface area contributed by atoms with Crippen molar-refractivity contribution in [3.63, 3.8) is 0 Å². The number of aliphatic hydroxyl groups excluding tert-OH is 3. The van der Waals surface area contributed by atoms with Gasteiger partial charge in [-0.3, -0.25) is 14.2 Å². The van der Waals surface area contributed by atoms with Crippen LogP contribution < -0.4 is 11.2 Å². The number of unbranched alkanes of at least 4 members (excludes halogenated alkanes) is 1. The van der Waals surface area contributed by atoms with Crippen molar-refractivity contribution in [1.29, 1.82) is 0 Å². The van der Waals surface area contributed by atoms with Crippen molar-refractivity contribution in [2.45, 2.75) is 50.2 Å². The van der Waals surface area contributed by atoms with Crippen LogP contribution in [0.4, 0.5) is 0 Å². The SMILES string of the molecule is CCCCC(=O)N=c1ncn(O)c2c1ncn2[C@]1(C(N)=O)O[C@H](CO)[C@@H](O)[C@H]1O. The lowest BCUT2D eigenvalue weighted by molar-refractivity contribution is -0.173. The van der Waals surface area contributed by atoms with Crippen LogP contribution in [0.25, 0.3) is 11.2 Å². The summed E-state index contributed by atoms with van der Waals surface area (Å²) >= 11 is 0. The van der Waals surface area contributed by atoms with Crippen molar-refractivity contribution in [2.75, 3.05) is 6.61 Å². The molecule has 0 saturated carbocycles. The number of fused-ring (bicyclic) bond motifs is 1. The van der Waals surface area contributed by atoms with Crippen LogP contribution in [0, 0.1) is 0 Å². The standard InChI is InChI=1S/C16H22N6O7/c1-2-3-4-9(24)20-13-10-14(22(28)7-19-13)21(6-18-10)16(15(17)27)12(26)11(25)8(5-23)29-16/h6-8,11-12,23,25-26,28H,2-5H2,1H3,(H2,17,27)/t8-,11-,12-,16+/m1/s1. The van der Waals surface area contributed by atoms with Crippen molar-refractivity contribution in [3.05, 3.63) is 18.1 Å². The maximum Gasteiger partial charge on any atom is 0.274 e. The zero-order valence-corrected chi connectivity index (χ0v) is 15.5. The molecule has 0 bridgehead atoms. The molecule has 1 aliphatic rings. The Morgan fingerprint density at radius 1 is 1.34 bits per heavy atom. The highest BCUT2D eigenvalue weighted by Gasteiger charge is 2.60. The van der Waals surface area contributed by atoms with Crippen LogP contribution >= 0.6 is 0 Å². The van der Waals surface area contributed by atoms with Gasteiger partial charge in [0.05, 0.1) is 6.61 Å². The molecule has 2 aromatic heterocycles. The summed E-state index contributed by atoms with van der Waals surface area (Å²) in [6, 6.07) is 0. The number of amides is 2. The summed E-state index contributed by atoms with van der Waals surface area (Å²) in [6.07, 6.45) is -1.26. The van der Waals surface area contributed by atoms with Gasteiger partial charge in [0.1, 0.15) is 31.0 Å². The van der Waals surface area contributed by atoms with E-state index < -0.39 is 42.5 Å². The number of rotatable bonds is 6. The molecule has 6 N–H and O–H groups in total. The molecule has 0 radical (unpaired) electrons. The Morgan fingerprint density at radius 3 is 2.66 bits per heavy atom. The summed E-state index contributed by atoms with van der Waals surface area (Å²) in [4.78, 5) is 36.1. The molecule has 29 heavy (non-hydrogen) atoms. The normalized spacial score (nSPS) is 27.6. The molecular formula is C16H22N6O7. The Morgan fingerprint density at radius 2 is 2.07 bits per heavy atom. The molecule has 0 unspecified atom stereocenters. The molecular weight excluding hydrogens is 388 g/mol. The van der Waals surface area contributed by atoms with E-state index in [9.17, 15) is 30.1 Å². The van der Waals surface area contributed by atoms with Crippen LogP contribution in [0.15, 0.2) is 17.6 Å². The first-order valence-corrected chi connectivity index (χ1v) is 8.94. The summed E-state index contributed by atoms with van der Waals surface area (Å²) < 4.78 is 6.81. The molecule has 4 atom stereocenters. The van der Waals surface area contributed by atoms with E-state index in [1.165, 1.54) is 0 Å². The molecule has 1 fully saturated rings. The maximum atomic E-state index is 12.3. The van der Waals surface area contributed by atoms with E-state index in [1.807, 2.05) is 6.92 Å². The monoisotopic (exact) mass is 410 g/mol. The molecule has 2 amide bonds. The van der Waals surface area contributed by atoms with Gasteiger partial charge in [-0.2, -0.15) is 9.72 Å². The number of primary amides is 1. The summed E-state index contributed by atoms with van der Waals surface area (Å²) in [7, 11) is 0. The van der Waals surface area contributed by atoms with Crippen molar-refractivity contribution in [2.24, 2.45) is 10.7 Å². The van der Waals surface area contributed by atoms with Gasteiger partial charge < -0.3 is 31.0 Å². The summed E-state index contributed by atoms with van der Waals surface area (Å²) in [5.41, 5.74) is 2.68. The molecule has 0 aromatic carbocycles. The number of aliphatic hydroxyl groups is 3. The fraction of sp³-hybridized carbons (Fsp3) is 0.562. The molecule has 0 aliphatic carbocycles. The third kappa shape index (κ3) is 3.27. The van der Waals surface area contributed by atoms with Gasteiger partial charge in [-0.1, -0.05) is 13.3 Å². The number of aromatic nitrogens is 4. The van der Waals surface area contributed by atoms with E-state index in [-0.39, 0.29) is 23.1 Å². The minimum absolute atomic E-state index is 0.0711. The zero-order valence-electron chi connectivity index (χ0n) is 15.5. The first kappa shape index (κ1) is 20.9. The number of carbonyl (C=O) groups is 2. The number of nitrogens with two attached hydrogens (primary N) is 1. The second-order valence-electron chi connectivity index (χ2n) is 6.64. The van der Waals surface area contributed by atoms with Gasteiger partial charge in [-0.15, -0.1) is 0 Å². The highest BCUT2D eigenvalue weighted by molar-refractivity contribution is 5.85. The third-order valence-corrected chi connectivity index (χ3v) is 4.76. The Balaban J connectivity index is 2.21. The molecule has 0 spiro atoms. The van der Waals surface area contributed by atoms with Gasteiger partial charge in [0.25, 0.3) is 11.6 Å². The zero-order chi connectivity index (χ0) is 21.3. The average Bonchev–Trinajstić information content (AvgIpc) is 3.24. The molecule has 1 aliphatic heterocycles. The molecule has 1 saturated heterocycles. The molecule has 3 rings (SSSR count). The lowest BCUT2D eigenvalue weighted by atomic mass is 10.0. The van der Waals surface area contributed by atoms with Crippen molar-refractivity contribution in [3.8, 4) is 0 Å². The Hall–Kier alpha value is -2.87. The van der Waals surface area contributed by atoms with E-state index in [0.717, 1.165) is 23.6 Å². The topological polar surface area (TPSA) is 198 Å². The summed E-state index contributed by atoms with van der Waals surface area (Å²) in [5.74, 6) is -1.64. The van der Waals surface area contributed by atoms with Crippen LogP contribution in [0.2, 0.25) is 0 Å². The van der Waals surface area contributed by atoms with E-state index >= 15 is 0 Å². The van der Waals surface area contributed by atoms with Crippen LogP contribution in [0.1, 0.15) is 26.2 Å². The van der Waals surface area contributed by atoms with Gasteiger partial charge in [0, 0.05) is 6.42 Å². The number of ether oxygens (including phenoxy) is 1. The fourth-order valence-corrected chi connectivity index (χ4v) is 3.24. The maximum absolute atomic E-state index is 12.3. The van der Waals surface area contributed by atoms with Crippen molar-refractivity contribution >= 4 is 23.0 Å². The Kier molecular flexibility index (Phi) is 5.66. The van der Waals surface area contributed by atoms with Crippen LogP contribution in [0.5, 0.6) is 0 Å². The lowest BCUT2D eigenvalue weighted by Crippen LogP contribution is -2.55. The lowest BCUT2D eigenvalue weighted by Gasteiger charge is -2.30. The van der Waals surface area contributed by atoms with Gasteiger partial charge in [-0.05, 0) is 6.42 Å². The van der Waals surface area contributed by atoms with Gasteiger partial charge >= 0.3 is 0 Å².